The SMILES string of the molecule is COc1cc(/C=C2/SC(=O)N(Cc3ccccc3[N+](=O)[O-])C2=O)ccc1OCC(=O)Nc1ccc(Br)c(Cl)c1. The van der Waals surface area contributed by atoms with Crippen molar-refractivity contribution in [1.82, 2.24) is 4.90 Å². The number of hydrogen-bond acceptors (Lipinski definition) is 8. The zero-order chi connectivity index (χ0) is 28.1. The largest absolute Gasteiger partial charge is 0.493 e. The van der Waals surface area contributed by atoms with E-state index in [1.165, 1.54) is 31.4 Å². The van der Waals surface area contributed by atoms with Gasteiger partial charge >= 0.3 is 0 Å². The van der Waals surface area contributed by atoms with Gasteiger partial charge in [-0.2, -0.15) is 0 Å². The average Bonchev–Trinajstić information content (AvgIpc) is 3.17. The molecular formula is C26H19BrClN3O7S. The number of carbonyl (C=O) groups is 3. The molecular weight excluding hydrogens is 614 g/mol. The fourth-order valence-electron chi connectivity index (χ4n) is 3.59. The Morgan fingerprint density at radius 3 is 2.64 bits per heavy atom. The Morgan fingerprint density at radius 1 is 1.15 bits per heavy atom. The second-order valence-electron chi connectivity index (χ2n) is 8.03. The van der Waals surface area contributed by atoms with Gasteiger partial charge in [0.05, 0.1) is 28.5 Å². The first-order chi connectivity index (χ1) is 18.7. The van der Waals surface area contributed by atoms with E-state index in [1.807, 2.05) is 0 Å². The van der Waals surface area contributed by atoms with Crippen LogP contribution in [0.3, 0.4) is 0 Å². The average molecular weight is 633 g/mol. The van der Waals surface area contributed by atoms with Gasteiger partial charge in [-0.05, 0) is 69.7 Å². The van der Waals surface area contributed by atoms with Crippen molar-refractivity contribution in [2.45, 2.75) is 6.54 Å². The van der Waals surface area contributed by atoms with Crippen LogP contribution < -0.4 is 14.8 Å². The summed E-state index contributed by atoms with van der Waals surface area (Å²) in [4.78, 5) is 49.6. The van der Waals surface area contributed by atoms with Crippen LogP contribution >= 0.6 is 39.3 Å². The molecule has 0 saturated carbocycles. The van der Waals surface area contributed by atoms with Crippen molar-refractivity contribution in [1.29, 1.82) is 0 Å². The van der Waals surface area contributed by atoms with Crippen molar-refractivity contribution in [3.05, 3.63) is 96.3 Å². The molecule has 0 unspecified atom stereocenters. The molecule has 0 atom stereocenters. The number of carbonyl (C=O) groups excluding carboxylic acids is 3. The molecule has 3 aromatic rings. The number of rotatable bonds is 9. The number of para-hydroxylation sites is 1. The number of thioether (sulfide) groups is 1. The Labute approximate surface area is 240 Å². The summed E-state index contributed by atoms with van der Waals surface area (Å²) in [7, 11) is 1.43. The van der Waals surface area contributed by atoms with E-state index in [-0.39, 0.29) is 29.3 Å². The maximum atomic E-state index is 12.9. The molecule has 13 heteroatoms. The molecule has 1 fully saturated rings. The molecule has 1 heterocycles. The fourth-order valence-corrected chi connectivity index (χ4v) is 4.85. The summed E-state index contributed by atoms with van der Waals surface area (Å²) >= 11 is 10.1. The second-order valence-corrected chi connectivity index (χ2v) is 10.3. The highest BCUT2D eigenvalue weighted by molar-refractivity contribution is 9.10. The van der Waals surface area contributed by atoms with Gasteiger partial charge < -0.3 is 14.8 Å². The van der Waals surface area contributed by atoms with E-state index in [0.717, 1.165) is 16.7 Å². The Bertz CT molecular complexity index is 1510. The highest BCUT2D eigenvalue weighted by Crippen LogP contribution is 2.36. The van der Waals surface area contributed by atoms with Crippen LogP contribution in [0, 0.1) is 10.1 Å². The van der Waals surface area contributed by atoms with Crippen molar-refractivity contribution in [2.24, 2.45) is 0 Å². The van der Waals surface area contributed by atoms with Crippen LogP contribution in [0.15, 0.2) is 70.0 Å². The molecule has 1 N–H and O–H groups in total. The molecule has 10 nitrogen and oxygen atoms in total. The molecule has 3 amide bonds. The van der Waals surface area contributed by atoms with Gasteiger partial charge in [-0.25, -0.2) is 0 Å². The third kappa shape index (κ3) is 6.77. The third-order valence-electron chi connectivity index (χ3n) is 5.44. The van der Waals surface area contributed by atoms with Crippen molar-refractivity contribution in [3.63, 3.8) is 0 Å². The summed E-state index contributed by atoms with van der Waals surface area (Å²) in [6.07, 6.45) is 1.51. The van der Waals surface area contributed by atoms with Crippen molar-refractivity contribution in [3.8, 4) is 11.5 Å². The topological polar surface area (TPSA) is 128 Å². The van der Waals surface area contributed by atoms with E-state index in [1.54, 1.807) is 42.5 Å². The predicted molar refractivity (Wildman–Crippen MR) is 151 cm³/mol. The van der Waals surface area contributed by atoms with E-state index >= 15 is 0 Å². The number of amides is 3. The number of nitrogens with zero attached hydrogens (tertiary/aromatic N) is 2. The Hall–Kier alpha value is -3.87. The number of nitro groups is 1. The third-order valence-corrected chi connectivity index (χ3v) is 7.58. The standard InChI is InChI=1S/C26H19BrClN3O7S/c1-37-22-10-15(6-9-21(22)38-14-24(32)29-17-7-8-18(27)19(28)12-17)11-23-25(33)30(26(34)39-23)13-16-4-2-3-5-20(16)31(35)36/h2-12H,13-14H2,1H3,(H,29,32)/b23-11+. The Morgan fingerprint density at radius 2 is 1.92 bits per heavy atom. The lowest BCUT2D eigenvalue weighted by atomic mass is 10.1. The van der Waals surface area contributed by atoms with Crippen molar-refractivity contribution < 1.29 is 28.8 Å². The minimum Gasteiger partial charge on any atom is -0.493 e. The first-order valence-corrected chi connectivity index (χ1v) is 13.2. The quantitative estimate of drug-likeness (QED) is 0.166. The first-order valence-electron chi connectivity index (χ1n) is 11.2. The van der Waals surface area contributed by atoms with Crippen LogP contribution in [0.5, 0.6) is 11.5 Å². The normalized spacial score (nSPS) is 14.0. The molecule has 0 bridgehead atoms. The number of imide groups is 1. The summed E-state index contributed by atoms with van der Waals surface area (Å²) in [6, 6.07) is 15.7. The summed E-state index contributed by atoms with van der Waals surface area (Å²) in [5.41, 5.74) is 1.14. The van der Waals surface area contributed by atoms with Crippen LogP contribution in [0.2, 0.25) is 5.02 Å². The number of anilines is 1. The lowest BCUT2D eigenvalue weighted by Crippen LogP contribution is -2.27. The summed E-state index contributed by atoms with van der Waals surface area (Å²) in [5.74, 6) is -0.371. The smallest absolute Gasteiger partial charge is 0.293 e. The fraction of sp³-hybridized carbons (Fsp3) is 0.115. The number of nitrogens with one attached hydrogen (secondary N) is 1. The highest BCUT2D eigenvalue weighted by atomic mass is 79.9. The molecule has 4 rings (SSSR count). The molecule has 39 heavy (non-hydrogen) atoms. The maximum absolute atomic E-state index is 12.9. The van der Waals surface area contributed by atoms with Gasteiger partial charge in [0, 0.05) is 21.8 Å². The number of nitro benzene ring substituents is 1. The molecule has 1 aliphatic heterocycles. The van der Waals surface area contributed by atoms with Crippen molar-refractivity contribution >= 4 is 73.8 Å². The highest BCUT2D eigenvalue weighted by Gasteiger charge is 2.36. The van der Waals surface area contributed by atoms with E-state index in [4.69, 9.17) is 21.1 Å². The number of benzene rings is 3. The van der Waals surface area contributed by atoms with E-state index in [2.05, 4.69) is 21.2 Å². The van der Waals surface area contributed by atoms with Gasteiger partial charge in [-0.1, -0.05) is 35.9 Å². The Kier molecular flexibility index (Phi) is 8.90. The summed E-state index contributed by atoms with van der Waals surface area (Å²) in [6.45, 7) is -0.516. The minimum absolute atomic E-state index is 0.154. The molecule has 0 radical (unpaired) electrons. The van der Waals surface area contributed by atoms with Gasteiger partial charge in [0.1, 0.15) is 0 Å². The summed E-state index contributed by atoms with van der Waals surface area (Å²) in [5, 5.41) is 13.9. The van der Waals surface area contributed by atoms with E-state index in [0.29, 0.717) is 32.2 Å². The molecule has 1 saturated heterocycles. The van der Waals surface area contributed by atoms with Gasteiger partial charge in [0.25, 0.3) is 22.7 Å². The Balaban J connectivity index is 1.43. The van der Waals surface area contributed by atoms with E-state index < -0.39 is 22.0 Å². The molecule has 0 aliphatic carbocycles. The zero-order valence-electron chi connectivity index (χ0n) is 20.2. The molecule has 1 aliphatic rings. The lowest BCUT2D eigenvalue weighted by molar-refractivity contribution is -0.385. The zero-order valence-corrected chi connectivity index (χ0v) is 23.3. The number of methoxy groups -OCH3 is 1. The van der Waals surface area contributed by atoms with Crippen LogP contribution in [-0.4, -0.2) is 40.6 Å². The predicted octanol–water partition coefficient (Wildman–Crippen LogP) is 6.27. The second kappa shape index (κ2) is 12.3. The number of halogens is 2. The van der Waals surface area contributed by atoms with Gasteiger partial charge in [0.15, 0.2) is 18.1 Å². The van der Waals surface area contributed by atoms with Crippen LogP contribution in [0.1, 0.15) is 11.1 Å². The molecule has 0 spiro atoms. The number of hydrogen-bond donors (Lipinski definition) is 1. The number of ether oxygens (including phenoxy) is 2. The van der Waals surface area contributed by atoms with Gasteiger partial charge in [0.2, 0.25) is 0 Å². The first kappa shape index (κ1) is 28.1. The molecule has 0 aromatic heterocycles. The lowest BCUT2D eigenvalue weighted by Gasteiger charge is -2.13. The van der Waals surface area contributed by atoms with Crippen LogP contribution in [0.25, 0.3) is 6.08 Å². The van der Waals surface area contributed by atoms with Crippen molar-refractivity contribution in [2.75, 3.05) is 19.0 Å². The maximum Gasteiger partial charge on any atom is 0.293 e. The van der Waals surface area contributed by atoms with Gasteiger partial charge in [-0.3, -0.25) is 29.4 Å². The van der Waals surface area contributed by atoms with Crippen LogP contribution in [-0.2, 0) is 16.1 Å². The van der Waals surface area contributed by atoms with Gasteiger partial charge in [-0.15, -0.1) is 0 Å². The van der Waals surface area contributed by atoms with Crippen LogP contribution in [0.4, 0.5) is 16.2 Å². The monoisotopic (exact) mass is 631 g/mol. The molecule has 200 valence electrons. The van der Waals surface area contributed by atoms with E-state index in [9.17, 15) is 24.5 Å². The minimum atomic E-state index is -0.563. The summed E-state index contributed by atoms with van der Waals surface area (Å²) < 4.78 is 11.7. The molecule has 3 aromatic carbocycles.